The van der Waals surface area contributed by atoms with Crippen LogP contribution in [-0.2, 0) is 20.9 Å². The second-order valence-electron chi connectivity index (χ2n) is 5.12. The number of aliphatic hydroxyl groups excluding tert-OH is 1. The number of carboxylic acids is 1. The number of ether oxygens (including phenoxy) is 2. The monoisotopic (exact) mass is 280 g/mol. The molecule has 0 radical (unpaired) electrons. The van der Waals surface area contributed by atoms with Gasteiger partial charge in [-0.1, -0.05) is 30.3 Å². The summed E-state index contributed by atoms with van der Waals surface area (Å²) < 4.78 is 11.1. The Kier molecular flexibility index (Phi) is 5.52. The van der Waals surface area contributed by atoms with Gasteiger partial charge in [0.25, 0.3) is 0 Å². The molecule has 20 heavy (non-hydrogen) atoms. The summed E-state index contributed by atoms with van der Waals surface area (Å²) in [7, 11) is 0. The zero-order valence-corrected chi connectivity index (χ0v) is 11.3. The lowest BCUT2D eigenvalue weighted by atomic mass is 9.92. The SMILES string of the molecule is O=C(O)C[C@@H]1CO[C@@H](COCc2ccccc2)C[C@@H]1O. The number of aliphatic carboxylic acids is 1. The van der Waals surface area contributed by atoms with Crippen LogP contribution in [0.25, 0.3) is 0 Å². The summed E-state index contributed by atoms with van der Waals surface area (Å²) in [5, 5.41) is 18.6. The maximum atomic E-state index is 10.6. The molecular formula is C15H20O5. The highest BCUT2D eigenvalue weighted by atomic mass is 16.5. The van der Waals surface area contributed by atoms with E-state index < -0.39 is 12.1 Å². The molecule has 1 heterocycles. The summed E-state index contributed by atoms with van der Waals surface area (Å²) in [5.41, 5.74) is 1.09. The van der Waals surface area contributed by atoms with Crippen molar-refractivity contribution in [1.82, 2.24) is 0 Å². The quantitative estimate of drug-likeness (QED) is 0.824. The molecule has 0 aromatic heterocycles. The molecule has 0 spiro atoms. The van der Waals surface area contributed by atoms with Gasteiger partial charge in [0.2, 0.25) is 0 Å². The van der Waals surface area contributed by atoms with E-state index in [1.54, 1.807) is 0 Å². The van der Waals surface area contributed by atoms with Crippen LogP contribution in [0.15, 0.2) is 30.3 Å². The van der Waals surface area contributed by atoms with E-state index in [1.165, 1.54) is 0 Å². The molecule has 1 aliphatic rings. The fourth-order valence-corrected chi connectivity index (χ4v) is 2.32. The van der Waals surface area contributed by atoms with Gasteiger partial charge in [0.15, 0.2) is 0 Å². The van der Waals surface area contributed by atoms with Crippen molar-refractivity contribution in [1.29, 1.82) is 0 Å². The standard InChI is InChI=1S/C15H20O5/c16-14-7-13(20-9-12(14)6-15(17)18)10-19-8-11-4-2-1-3-5-11/h1-5,12-14,16H,6-10H2,(H,17,18)/t12-,13-,14+/m1/s1. The van der Waals surface area contributed by atoms with Crippen molar-refractivity contribution in [3.63, 3.8) is 0 Å². The Morgan fingerprint density at radius 2 is 2.10 bits per heavy atom. The molecule has 3 atom stereocenters. The predicted octanol–water partition coefficient (Wildman–Crippen LogP) is 1.44. The Morgan fingerprint density at radius 3 is 2.75 bits per heavy atom. The lowest BCUT2D eigenvalue weighted by molar-refractivity contribution is -0.146. The Bertz CT molecular complexity index is 420. The third-order valence-electron chi connectivity index (χ3n) is 3.45. The van der Waals surface area contributed by atoms with Crippen LogP contribution in [-0.4, -0.2) is 41.6 Å². The number of carboxylic acid groups (broad SMARTS) is 1. The molecule has 0 unspecified atom stereocenters. The fourth-order valence-electron chi connectivity index (χ4n) is 2.32. The van der Waals surface area contributed by atoms with Crippen LogP contribution in [0.2, 0.25) is 0 Å². The number of carbonyl (C=O) groups is 1. The molecule has 0 aliphatic carbocycles. The Labute approximate surface area is 118 Å². The maximum Gasteiger partial charge on any atom is 0.303 e. The Hall–Kier alpha value is -1.43. The molecule has 0 amide bonds. The predicted molar refractivity (Wildman–Crippen MR) is 72.2 cm³/mol. The van der Waals surface area contributed by atoms with Gasteiger partial charge in [-0.15, -0.1) is 0 Å². The first-order chi connectivity index (χ1) is 9.65. The van der Waals surface area contributed by atoms with E-state index in [0.717, 1.165) is 5.56 Å². The Balaban J connectivity index is 1.69. The van der Waals surface area contributed by atoms with Crippen molar-refractivity contribution < 1.29 is 24.5 Å². The van der Waals surface area contributed by atoms with Crippen molar-refractivity contribution >= 4 is 5.97 Å². The van der Waals surface area contributed by atoms with Crippen molar-refractivity contribution in [2.75, 3.05) is 13.2 Å². The van der Waals surface area contributed by atoms with Crippen LogP contribution in [0.4, 0.5) is 0 Å². The summed E-state index contributed by atoms with van der Waals surface area (Å²) in [4.78, 5) is 10.6. The van der Waals surface area contributed by atoms with Gasteiger partial charge in [-0.3, -0.25) is 4.79 Å². The van der Waals surface area contributed by atoms with Crippen LogP contribution in [0.5, 0.6) is 0 Å². The van der Waals surface area contributed by atoms with Crippen molar-refractivity contribution in [2.24, 2.45) is 5.92 Å². The summed E-state index contributed by atoms with van der Waals surface area (Å²) in [6, 6.07) is 9.83. The molecule has 1 aromatic carbocycles. The second kappa shape index (κ2) is 7.38. The van der Waals surface area contributed by atoms with Crippen LogP contribution < -0.4 is 0 Å². The van der Waals surface area contributed by atoms with E-state index in [9.17, 15) is 9.90 Å². The van der Waals surface area contributed by atoms with Gasteiger partial charge in [-0.2, -0.15) is 0 Å². The van der Waals surface area contributed by atoms with Crippen molar-refractivity contribution in [2.45, 2.75) is 31.7 Å². The zero-order valence-electron chi connectivity index (χ0n) is 11.3. The molecule has 0 bridgehead atoms. The summed E-state index contributed by atoms with van der Waals surface area (Å²) in [6.07, 6.45) is -0.435. The second-order valence-corrected chi connectivity index (χ2v) is 5.12. The average molecular weight is 280 g/mol. The first kappa shape index (κ1) is 15.0. The third kappa shape index (κ3) is 4.59. The number of hydrogen-bond donors (Lipinski definition) is 2. The van der Waals surface area contributed by atoms with Gasteiger partial charge in [-0.05, 0) is 5.56 Å². The van der Waals surface area contributed by atoms with Gasteiger partial charge in [0.05, 0.1) is 38.4 Å². The third-order valence-corrected chi connectivity index (χ3v) is 3.45. The molecule has 1 fully saturated rings. The first-order valence-corrected chi connectivity index (χ1v) is 6.78. The van der Waals surface area contributed by atoms with Crippen molar-refractivity contribution in [3.8, 4) is 0 Å². The van der Waals surface area contributed by atoms with Crippen LogP contribution in [0, 0.1) is 5.92 Å². The lowest BCUT2D eigenvalue weighted by Crippen LogP contribution is -2.40. The van der Waals surface area contributed by atoms with E-state index >= 15 is 0 Å². The molecule has 1 aromatic rings. The molecule has 1 aliphatic heterocycles. The number of aliphatic hydroxyl groups is 1. The number of benzene rings is 1. The van der Waals surface area contributed by atoms with E-state index in [2.05, 4.69) is 0 Å². The van der Waals surface area contributed by atoms with Gasteiger partial charge >= 0.3 is 5.97 Å². The van der Waals surface area contributed by atoms with Gasteiger partial charge < -0.3 is 19.7 Å². The highest BCUT2D eigenvalue weighted by Crippen LogP contribution is 2.22. The normalized spacial score (nSPS) is 26.4. The largest absolute Gasteiger partial charge is 0.481 e. The smallest absolute Gasteiger partial charge is 0.303 e. The first-order valence-electron chi connectivity index (χ1n) is 6.78. The minimum atomic E-state index is -0.906. The van der Waals surface area contributed by atoms with E-state index in [0.29, 0.717) is 19.6 Å². The topological polar surface area (TPSA) is 76.0 Å². The molecule has 0 saturated carbocycles. The van der Waals surface area contributed by atoms with Gasteiger partial charge in [0, 0.05) is 12.3 Å². The maximum absolute atomic E-state index is 10.6. The van der Waals surface area contributed by atoms with Gasteiger partial charge in [-0.25, -0.2) is 0 Å². The van der Waals surface area contributed by atoms with Crippen LogP contribution in [0.3, 0.4) is 0 Å². The van der Waals surface area contributed by atoms with E-state index in [1.807, 2.05) is 30.3 Å². The summed E-state index contributed by atoms with van der Waals surface area (Å²) in [6.45, 7) is 1.19. The zero-order chi connectivity index (χ0) is 14.4. The molecule has 2 N–H and O–H groups in total. The van der Waals surface area contributed by atoms with Gasteiger partial charge in [0.1, 0.15) is 0 Å². The van der Waals surface area contributed by atoms with E-state index in [4.69, 9.17) is 14.6 Å². The van der Waals surface area contributed by atoms with Crippen LogP contribution >= 0.6 is 0 Å². The molecular weight excluding hydrogens is 260 g/mol. The van der Waals surface area contributed by atoms with Crippen molar-refractivity contribution in [3.05, 3.63) is 35.9 Å². The minimum absolute atomic E-state index is 0.0568. The molecule has 2 rings (SSSR count). The van der Waals surface area contributed by atoms with Crippen LogP contribution in [0.1, 0.15) is 18.4 Å². The lowest BCUT2D eigenvalue weighted by Gasteiger charge is -2.32. The average Bonchev–Trinajstić information content (AvgIpc) is 2.43. The molecule has 1 saturated heterocycles. The summed E-state index contributed by atoms with van der Waals surface area (Å²) in [5.74, 6) is -1.23. The highest BCUT2D eigenvalue weighted by molar-refractivity contribution is 5.67. The number of rotatable bonds is 6. The molecule has 110 valence electrons. The molecule has 5 nitrogen and oxygen atoms in total. The molecule has 5 heteroatoms. The number of hydrogen-bond acceptors (Lipinski definition) is 4. The fraction of sp³-hybridized carbons (Fsp3) is 0.533. The Morgan fingerprint density at radius 1 is 1.35 bits per heavy atom. The summed E-state index contributed by atoms with van der Waals surface area (Å²) >= 11 is 0. The van der Waals surface area contributed by atoms with E-state index in [-0.39, 0.29) is 25.0 Å². The minimum Gasteiger partial charge on any atom is -0.481 e. The highest BCUT2D eigenvalue weighted by Gasteiger charge is 2.31.